The fraction of sp³-hybridized carbons (Fsp3) is 0.0833. The number of hydrogen-bond donors (Lipinski definition) is 1. The first-order chi connectivity index (χ1) is 7.25. The van der Waals surface area contributed by atoms with Crippen LogP contribution < -0.4 is 0 Å². The number of aryl methyl sites for hydroxylation is 1. The lowest BCUT2D eigenvalue weighted by Gasteiger charge is -1.98. The topological polar surface area (TPSA) is 45.7 Å². The smallest absolute Gasteiger partial charge is 0.144 e. The molecule has 2 aromatic rings. The van der Waals surface area contributed by atoms with Crippen molar-refractivity contribution in [1.29, 1.82) is 0 Å². The van der Waals surface area contributed by atoms with Gasteiger partial charge in [0.2, 0.25) is 0 Å². The predicted molar refractivity (Wildman–Crippen MR) is 58.8 cm³/mol. The molecule has 3 heteroatoms. The van der Waals surface area contributed by atoms with Crippen molar-refractivity contribution in [2.75, 3.05) is 0 Å². The van der Waals surface area contributed by atoms with E-state index in [-0.39, 0.29) is 5.75 Å². The average Bonchev–Trinajstić information content (AvgIpc) is 2.72. The van der Waals surface area contributed by atoms with Crippen LogP contribution in [0, 0.1) is 6.92 Å². The second-order valence-electron chi connectivity index (χ2n) is 3.27. The molecular formula is C12H11NO2. The molecule has 2 rings (SSSR count). The number of aliphatic imine (C=N–C) groups is 1. The van der Waals surface area contributed by atoms with Gasteiger partial charge < -0.3 is 9.52 Å². The second kappa shape index (κ2) is 4.00. The average molecular weight is 201 g/mol. The van der Waals surface area contributed by atoms with Gasteiger partial charge in [0, 0.05) is 0 Å². The highest BCUT2D eigenvalue weighted by molar-refractivity contribution is 5.79. The SMILES string of the molecule is Cc1ccc(O)c(N=Cc2ccco2)c1. The van der Waals surface area contributed by atoms with Gasteiger partial charge in [0.1, 0.15) is 17.2 Å². The van der Waals surface area contributed by atoms with Gasteiger partial charge in [0.15, 0.2) is 0 Å². The Kier molecular flexibility index (Phi) is 2.54. The summed E-state index contributed by atoms with van der Waals surface area (Å²) in [6, 6.07) is 8.87. The van der Waals surface area contributed by atoms with Gasteiger partial charge in [0.25, 0.3) is 0 Å². The largest absolute Gasteiger partial charge is 0.506 e. The van der Waals surface area contributed by atoms with Crippen LogP contribution in [0.2, 0.25) is 0 Å². The summed E-state index contributed by atoms with van der Waals surface area (Å²) in [4.78, 5) is 4.14. The molecular weight excluding hydrogens is 190 g/mol. The van der Waals surface area contributed by atoms with Crippen LogP contribution in [-0.2, 0) is 0 Å². The number of rotatable bonds is 2. The fourth-order valence-corrected chi connectivity index (χ4v) is 1.23. The van der Waals surface area contributed by atoms with Crippen molar-refractivity contribution in [2.24, 2.45) is 4.99 Å². The normalized spacial score (nSPS) is 11.0. The Labute approximate surface area is 87.7 Å². The van der Waals surface area contributed by atoms with Crippen molar-refractivity contribution in [2.45, 2.75) is 6.92 Å². The first kappa shape index (κ1) is 9.52. The monoisotopic (exact) mass is 201 g/mol. The molecule has 0 fully saturated rings. The van der Waals surface area contributed by atoms with Gasteiger partial charge in [-0.15, -0.1) is 0 Å². The van der Waals surface area contributed by atoms with Crippen LogP contribution in [0.25, 0.3) is 0 Å². The number of benzene rings is 1. The first-order valence-corrected chi connectivity index (χ1v) is 4.63. The molecule has 0 spiro atoms. The summed E-state index contributed by atoms with van der Waals surface area (Å²) in [6.07, 6.45) is 3.16. The molecule has 76 valence electrons. The van der Waals surface area contributed by atoms with Crippen LogP contribution in [0.4, 0.5) is 5.69 Å². The van der Waals surface area contributed by atoms with E-state index in [9.17, 15) is 5.11 Å². The van der Waals surface area contributed by atoms with E-state index in [0.29, 0.717) is 11.4 Å². The first-order valence-electron chi connectivity index (χ1n) is 4.63. The third-order valence-corrected chi connectivity index (χ3v) is 2.00. The molecule has 1 N–H and O–H groups in total. The van der Waals surface area contributed by atoms with E-state index in [4.69, 9.17) is 4.42 Å². The summed E-state index contributed by atoms with van der Waals surface area (Å²) in [7, 11) is 0. The molecule has 15 heavy (non-hydrogen) atoms. The quantitative estimate of drug-likeness (QED) is 0.759. The second-order valence-corrected chi connectivity index (χ2v) is 3.27. The summed E-state index contributed by atoms with van der Waals surface area (Å²) in [5.74, 6) is 0.833. The number of aromatic hydroxyl groups is 1. The number of nitrogens with zero attached hydrogens (tertiary/aromatic N) is 1. The Morgan fingerprint density at radius 2 is 2.20 bits per heavy atom. The summed E-state index contributed by atoms with van der Waals surface area (Å²) in [5, 5.41) is 9.52. The Morgan fingerprint density at radius 3 is 2.93 bits per heavy atom. The van der Waals surface area contributed by atoms with Gasteiger partial charge in [0.05, 0.1) is 12.5 Å². The van der Waals surface area contributed by atoms with Crippen molar-refractivity contribution in [3.8, 4) is 5.75 Å². The fourth-order valence-electron chi connectivity index (χ4n) is 1.23. The molecule has 0 unspecified atom stereocenters. The van der Waals surface area contributed by atoms with Gasteiger partial charge in [-0.1, -0.05) is 6.07 Å². The Bertz CT molecular complexity index is 472. The molecule has 0 saturated carbocycles. The van der Waals surface area contributed by atoms with E-state index in [2.05, 4.69) is 4.99 Å². The number of furan rings is 1. The van der Waals surface area contributed by atoms with Crippen LogP contribution >= 0.6 is 0 Å². The summed E-state index contributed by atoms with van der Waals surface area (Å²) in [5.41, 5.74) is 1.60. The Hall–Kier alpha value is -2.03. The highest BCUT2D eigenvalue weighted by Crippen LogP contribution is 2.26. The maximum atomic E-state index is 9.52. The van der Waals surface area contributed by atoms with Crippen molar-refractivity contribution in [1.82, 2.24) is 0 Å². The van der Waals surface area contributed by atoms with Crippen molar-refractivity contribution < 1.29 is 9.52 Å². The van der Waals surface area contributed by atoms with Gasteiger partial charge in [-0.2, -0.15) is 0 Å². The molecule has 0 aliphatic heterocycles. The maximum absolute atomic E-state index is 9.52. The van der Waals surface area contributed by atoms with Crippen LogP contribution in [0.5, 0.6) is 5.75 Å². The molecule has 0 radical (unpaired) electrons. The lowest BCUT2D eigenvalue weighted by molar-refractivity contribution is 0.477. The third kappa shape index (κ3) is 2.26. The molecule has 0 bridgehead atoms. The van der Waals surface area contributed by atoms with Crippen molar-refractivity contribution in [3.05, 3.63) is 47.9 Å². The molecule has 0 atom stereocenters. The number of phenolic OH excluding ortho intramolecular Hbond substituents is 1. The zero-order valence-electron chi connectivity index (χ0n) is 8.34. The molecule has 1 aromatic carbocycles. The van der Waals surface area contributed by atoms with E-state index in [1.165, 1.54) is 0 Å². The van der Waals surface area contributed by atoms with Gasteiger partial charge in [-0.05, 0) is 36.8 Å². The molecule has 1 aromatic heterocycles. The van der Waals surface area contributed by atoms with E-state index >= 15 is 0 Å². The Morgan fingerprint density at radius 1 is 1.33 bits per heavy atom. The van der Waals surface area contributed by atoms with Gasteiger partial charge >= 0.3 is 0 Å². The van der Waals surface area contributed by atoms with E-state index in [1.807, 2.05) is 19.1 Å². The summed E-state index contributed by atoms with van der Waals surface area (Å²) < 4.78 is 5.09. The predicted octanol–water partition coefficient (Wildman–Crippen LogP) is 3.04. The summed E-state index contributed by atoms with van der Waals surface area (Å²) in [6.45, 7) is 1.95. The minimum atomic E-state index is 0.170. The lowest BCUT2D eigenvalue weighted by atomic mass is 10.2. The lowest BCUT2D eigenvalue weighted by Crippen LogP contribution is -1.76. The molecule has 0 aliphatic carbocycles. The minimum Gasteiger partial charge on any atom is -0.506 e. The van der Waals surface area contributed by atoms with Crippen molar-refractivity contribution in [3.63, 3.8) is 0 Å². The van der Waals surface area contributed by atoms with Gasteiger partial charge in [-0.3, -0.25) is 0 Å². The highest BCUT2D eigenvalue weighted by atomic mass is 16.3. The van der Waals surface area contributed by atoms with E-state index in [1.54, 1.807) is 30.7 Å². The number of phenols is 1. The van der Waals surface area contributed by atoms with Crippen LogP contribution in [0.15, 0.2) is 46.0 Å². The van der Waals surface area contributed by atoms with Gasteiger partial charge in [-0.25, -0.2) is 4.99 Å². The highest BCUT2D eigenvalue weighted by Gasteiger charge is 1.98. The third-order valence-electron chi connectivity index (χ3n) is 2.00. The number of hydrogen-bond acceptors (Lipinski definition) is 3. The Balaban J connectivity index is 2.27. The molecule has 3 nitrogen and oxygen atoms in total. The standard InChI is InChI=1S/C12H11NO2/c1-9-4-5-12(14)11(7-9)13-8-10-3-2-6-15-10/h2-8,14H,1H3. The molecule has 1 heterocycles. The maximum Gasteiger partial charge on any atom is 0.144 e. The zero-order chi connectivity index (χ0) is 10.7. The minimum absolute atomic E-state index is 0.170. The van der Waals surface area contributed by atoms with Crippen molar-refractivity contribution >= 4 is 11.9 Å². The van der Waals surface area contributed by atoms with Crippen LogP contribution in [0.1, 0.15) is 11.3 Å². The zero-order valence-corrected chi connectivity index (χ0v) is 8.34. The van der Waals surface area contributed by atoms with Crippen LogP contribution in [-0.4, -0.2) is 11.3 Å². The molecule has 0 aliphatic rings. The van der Waals surface area contributed by atoms with Crippen LogP contribution in [0.3, 0.4) is 0 Å². The van der Waals surface area contributed by atoms with E-state index < -0.39 is 0 Å². The molecule has 0 saturated heterocycles. The van der Waals surface area contributed by atoms with E-state index in [0.717, 1.165) is 5.56 Å². The summed E-state index contributed by atoms with van der Waals surface area (Å²) >= 11 is 0. The molecule has 0 amide bonds.